The van der Waals surface area contributed by atoms with Crippen molar-refractivity contribution in [2.45, 2.75) is 12.6 Å². The number of aromatic amines is 1. The molecule has 0 bridgehead atoms. The van der Waals surface area contributed by atoms with Gasteiger partial charge in [-0.3, -0.25) is 14.5 Å². The second-order valence-corrected chi connectivity index (χ2v) is 6.31. The van der Waals surface area contributed by atoms with Crippen molar-refractivity contribution < 1.29 is 24.1 Å². The van der Waals surface area contributed by atoms with Crippen LogP contribution in [0.1, 0.15) is 5.56 Å². The van der Waals surface area contributed by atoms with Gasteiger partial charge in [0.25, 0.3) is 5.56 Å². The van der Waals surface area contributed by atoms with Gasteiger partial charge in [-0.15, -0.1) is 0 Å². The predicted molar refractivity (Wildman–Crippen MR) is 98.9 cm³/mol. The molecule has 9 nitrogen and oxygen atoms in total. The number of carboxylic acids is 1. The first kappa shape index (κ1) is 19.0. The van der Waals surface area contributed by atoms with Gasteiger partial charge in [-0.05, 0) is 6.07 Å². The third-order valence-corrected chi connectivity index (χ3v) is 4.68. The number of nitrogens with one attached hydrogen (secondary N) is 2. The van der Waals surface area contributed by atoms with E-state index >= 15 is 0 Å². The monoisotopic (exact) mass is 377 g/mol. The van der Waals surface area contributed by atoms with Crippen molar-refractivity contribution in [3.8, 4) is 17.2 Å². The number of piperazine rings is 1. The highest BCUT2D eigenvalue weighted by atomic mass is 16.5. The predicted octanol–water partition coefficient (Wildman–Crippen LogP) is 0.412. The van der Waals surface area contributed by atoms with Gasteiger partial charge in [-0.2, -0.15) is 0 Å². The van der Waals surface area contributed by atoms with E-state index < -0.39 is 12.0 Å². The zero-order chi connectivity index (χ0) is 19.6. The Kier molecular flexibility index (Phi) is 5.52. The lowest BCUT2D eigenvalue weighted by atomic mass is 10.1. The number of hydrogen-bond donors (Lipinski definition) is 3. The Morgan fingerprint density at radius 2 is 1.96 bits per heavy atom. The average molecular weight is 377 g/mol. The lowest BCUT2D eigenvalue weighted by Gasteiger charge is -2.31. The van der Waals surface area contributed by atoms with E-state index in [1.165, 1.54) is 21.3 Å². The van der Waals surface area contributed by atoms with Crippen LogP contribution < -0.4 is 25.1 Å². The third kappa shape index (κ3) is 3.69. The molecule has 2 aromatic rings. The van der Waals surface area contributed by atoms with Crippen LogP contribution in [0.5, 0.6) is 17.2 Å². The molecule has 0 radical (unpaired) electrons. The van der Waals surface area contributed by atoms with E-state index in [0.29, 0.717) is 59.9 Å². The van der Waals surface area contributed by atoms with Crippen molar-refractivity contribution in [2.24, 2.45) is 0 Å². The summed E-state index contributed by atoms with van der Waals surface area (Å²) in [5, 5.41) is 12.8. The van der Waals surface area contributed by atoms with E-state index in [9.17, 15) is 14.7 Å². The first-order valence-corrected chi connectivity index (χ1v) is 8.52. The van der Waals surface area contributed by atoms with Crippen LogP contribution in [0.15, 0.2) is 16.9 Å². The van der Waals surface area contributed by atoms with E-state index in [1.807, 2.05) is 4.90 Å². The number of carbonyl (C=O) groups is 1. The normalized spacial score (nSPS) is 17.7. The first-order valence-electron chi connectivity index (χ1n) is 8.52. The summed E-state index contributed by atoms with van der Waals surface area (Å²) in [5.74, 6) is 0.467. The molecule has 1 fully saturated rings. The van der Waals surface area contributed by atoms with Crippen LogP contribution in [0, 0.1) is 0 Å². The fourth-order valence-electron chi connectivity index (χ4n) is 3.35. The molecule has 9 heteroatoms. The molecule has 0 spiro atoms. The van der Waals surface area contributed by atoms with Crippen molar-refractivity contribution in [2.75, 3.05) is 41.0 Å². The minimum atomic E-state index is -0.898. The standard InChI is InChI=1S/C18H23N3O6/c1-25-14-7-12-11(15(26-2)16(14)27-3)6-10(17(22)20-12)8-21-5-4-19-13(9-21)18(23)24/h6-7,13,19H,4-5,8-9H2,1-3H3,(H,20,22)(H,23,24)/t13-/m1/s1. The molecule has 0 aliphatic carbocycles. The van der Waals surface area contributed by atoms with E-state index in [0.717, 1.165) is 0 Å². The number of aromatic nitrogens is 1. The minimum Gasteiger partial charge on any atom is -0.493 e. The van der Waals surface area contributed by atoms with Crippen molar-refractivity contribution in [1.82, 2.24) is 15.2 Å². The molecule has 27 heavy (non-hydrogen) atoms. The number of nitrogens with zero attached hydrogens (tertiary/aromatic N) is 1. The van der Waals surface area contributed by atoms with E-state index in [1.54, 1.807) is 12.1 Å². The van der Waals surface area contributed by atoms with Crippen LogP contribution in [0.4, 0.5) is 0 Å². The minimum absolute atomic E-state index is 0.234. The summed E-state index contributed by atoms with van der Waals surface area (Å²) in [6, 6.07) is 2.80. The fourth-order valence-corrected chi connectivity index (χ4v) is 3.35. The van der Waals surface area contributed by atoms with Gasteiger partial charge in [0.15, 0.2) is 11.5 Å². The van der Waals surface area contributed by atoms with Crippen LogP contribution in [0.25, 0.3) is 10.9 Å². The topological polar surface area (TPSA) is 113 Å². The number of fused-ring (bicyclic) bond motifs is 1. The molecule has 0 unspecified atom stereocenters. The summed E-state index contributed by atoms with van der Waals surface area (Å²) in [5.41, 5.74) is 0.864. The van der Waals surface area contributed by atoms with E-state index in [2.05, 4.69) is 10.3 Å². The van der Waals surface area contributed by atoms with E-state index in [-0.39, 0.29) is 5.56 Å². The van der Waals surface area contributed by atoms with Gasteiger partial charge in [0.1, 0.15) is 6.04 Å². The summed E-state index contributed by atoms with van der Waals surface area (Å²) in [6.07, 6.45) is 0. The molecular formula is C18H23N3O6. The molecule has 1 aliphatic rings. The van der Waals surface area contributed by atoms with Crippen LogP contribution in [0.3, 0.4) is 0 Å². The van der Waals surface area contributed by atoms with Crippen molar-refractivity contribution >= 4 is 16.9 Å². The number of benzene rings is 1. The Morgan fingerprint density at radius 3 is 2.59 bits per heavy atom. The highest BCUT2D eigenvalue weighted by Gasteiger charge is 2.25. The van der Waals surface area contributed by atoms with Crippen LogP contribution in [0.2, 0.25) is 0 Å². The first-order chi connectivity index (χ1) is 13.0. The molecule has 1 aromatic heterocycles. The summed E-state index contributed by atoms with van der Waals surface area (Å²) in [7, 11) is 4.56. The van der Waals surface area contributed by atoms with Crippen LogP contribution in [-0.2, 0) is 11.3 Å². The van der Waals surface area contributed by atoms with Gasteiger partial charge in [-0.25, -0.2) is 0 Å². The van der Waals surface area contributed by atoms with Crippen LogP contribution in [-0.4, -0.2) is 68.0 Å². The Balaban J connectivity index is 2.00. The molecule has 0 amide bonds. The SMILES string of the molecule is COc1cc2[nH]c(=O)c(CN3CCN[C@@H](C(=O)O)C3)cc2c(OC)c1OC. The number of ether oxygens (including phenoxy) is 3. The quantitative estimate of drug-likeness (QED) is 0.664. The maximum Gasteiger partial charge on any atom is 0.322 e. The van der Waals surface area contributed by atoms with Crippen molar-refractivity contribution in [3.63, 3.8) is 0 Å². The molecule has 3 N–H and O–H groups in total. The smallest absolute Gasteiger partial charge is 0.322 e. The maximum atomic E-state index is 12.5. The molecule has 0 saturated carbocycles. The molecule has 1 aliphatic heterocycles. The van der Waals surface area contributed by atoms with Crippen molar-refractivity contribution in [3.05, 3.63) is 28.0 Å². The number of rotatable bonds is 6. The van der Waals surface area contributed by atoms with Crippen LogP contribution >= 0.6 is 0 Å². The maximum absolute atomic E-state index is 12.5. The Bertz CT molecular complexity index is 910. The summed E-state index contributed by atoms with van der Waals surface area (Å²) in [4.78, 5) is 28.6. The average Bonchev–Trinajstić information content (AvgIpc) is 2.67. The Hall–Kier alpha value is -2.78. The van der Waals surface area contributed by atoms with Gasteiger partial charge >= 0.3 is 5.97 Å². The molecule has 146 valence electrons. The van der Waals surface area contributed by atoms with Gasteiger partial charge in [-0.1, -0.05) is 0 Å². The Morgan fingerprint density at radius 1 is 1.22 bits per heavy atom. The number of methoxy groups -OCH3 is 3. The second kappa shape index (κ2) is 7.85. The van der Waals surface area contributed by atoms with Gasteiger partial charge < -0.3 is 29.6 Å². The van der Waals surface area contributed by atoms with Gasteiger partial charge in [0, 0.05) is 43.2 Å². The number of carboxylic acid groups (broad SMARTS) is 1. The molecule has 1 aromatic carbocycles. The third-order valence-electron chi connectivity index (χ3n) is 4.68. The van der Waals surface area contributed by atoms with Crippen molar-refractivity contribution in [1.29, 1.82) is 0 Å². The van der Waals surface area contributed by atoms with E-state index in [4.69, 9.17) is 14.2 Å². The Labute approximate surface area is 155 Å². The summed E-state index contributed by atoms with van der Waals surface area (Å²) < 4.78 is 16.2. The molecule has 1 saturated heterocycles. The number of aliphatic carboxylic acids is 1. The molecule has 3 rings (SSSR count). The van der Waals surface area contributed by atoms with Gasteiger partial charge in [0.2, 0.25) is 5.75 Å². The zero-order valence-electron chi connectivity index (χ0n) is 15.5. The highest BCUT2D eigenvalue weighted by molar-refractivity contribution is 5.90. The lowest BCUT2D eigenvalue weighted by Crippen LogP contribution is -2.54. The second-order valence-electron chi connectivity index (χ2n) is 6.31. The summed E-state index contributed by atoms with van der Waals surface area (Å²) >= 11 is 0. The summed E-state index contributed by atoms with van der Waals surface area (Å²) in [6.45, 7) is 1.88. The molecule has 2 heterocycles. The fraction of sp³-hybridized carbons (Fsp3) is 0.444. The number of H-pyrrole nitrogens is 1. The largest absolute Gasteiger partial charge is 0.493 e. The highest BCUT2D eigenvalue weighted by Crippen LogP contribution is 2.42. The molecular weight excluding hydrogens is 354 g/mol. The lowest BCUT2D eigenvalue weighted by molar-refractivity contribution is -0.140. The zero-order valence-corrected chi connectivity index (χ0v) is 15.5. The van der Waals surface area contributed by atoms with Gasteiger partial charge in [0.05, 0.1) is 26.8 Å². The number of pyridine rings is 1. The number of hydrogen-bond acceptors (Lipinski definition) is 7. The molecule has 1 atom stereocenters.